The minimum absolute atomic E-state index is 0.0645. The Morgan fingerprint density at radius 2 is 0.841 bits per heavy atom. The molecule has 260 valence electrons. The van der Waals surface area contributed by atoms with E-state index < -0.39 is 6.10 Å². The summed E-state index contributed by atoms with van der Waals surface area (Å²) in [6, 6.07) is 0. The Morgan fingerprint density at radius 1 is 0.500 bits per heavy atom. The molecule has 1 atom stereocenters. The molecule has 0 aromatic heterocycles. The smallest absolute Gasteiger partial charge is 0.306 e. The van der Waals surface area contributed by atoms with E-state index in [9.17, 15) is 14.7 Å². The van der Waals surface area contributed by atoms with Crippen LogP contribution in [0.5, 0.6) is 0 Å². The van der Waals surface area contributed by atoms with Crippen LogP contribution in [-0.2, 0) is 19.1 Å². The zero-order valence-electron chi connectivity index (χ0n) is 29.4. The van der Waals surface area contributed by atoms with Gasteiger partial charge in [-0.3, -0.25) is 9.59 Å². The molecule has 0 unspecified atom stereocenters. The molecule has 0 radical (unpaired) electrons. The molecular formula is C39H74O5. The summed E-state index contributed by atoms with van der Waals surface area (Å²) in [6.45, 7) is 4.13. The summed E-state index contributed by atoms with van der Waals surface area (Å²) in [5, 5.41) is 9.54. The molecule has 0 saturated heterocycles. The predicted molar refractivity (Wildman–Crippen MR) is 187 cm³/mol. The first kappa shape index (κ1) is 42.6. The molecule has 44 heavy (non-hydrogen) atoms. The van der Waals surface area contributed by atoms with E-state index in [4.69, 9.17) is 9.47 Å². The van der Waals surface area contributed by atoms with Crippen LogP contribution < -0.4 is 0 Å². The summed E-state index contributed by atoms with van der Waals surface area (Å²) >= 11 is 0. The Labute approximate surface area is 273 Å². The highest BCUT2D eigenvalue weighted by molar-refractivity contribution is 5.70. The van der Waals surface area contributed by atoms with Gasteiger partial charge >= 0.3 is 11.9 Å². The highest BCUT2D eigenvalue weighted by Crippen LogP contribution is 2.15. The molecule has 0 aliphatic rings. The van der Waals surface area contributed by atoms with Crippen molar-refractivity contribution >= 4 is 11.9 Å². The van der Waals surface area contributed by atoms with Crippen LogP contribution >= 0.6 is 0 Å². The van der Waals surface area contributed by atoms with E-state index in [1.807, 2.05) is 0 Å². The zero-order chi connectivity index (χ0) is 32.2. The molecule has 0 aromatic carbocycles. The molecule has 1 N–H and O–H groups in total. The van der Waals surface area contributed by atoms with Crippen molar-refractivity contribution in [2.45, 2.75) is 213 Å². The normalized spacial score (nSPS) is 12.2. The van der Waals surface area contributed by atoms with Crippen molar-refractivity contribution in [3.8, 4) is 0 Å². The molecule has 0 amide bonds. The first-order valence-electron chi connectivity index (χ1n) is 19.2. The van der Waals surface area contributed by atoms with Crippen molar-refractivity contribution in [3.63, 3.8) is 0 Å². The largest absolute Gasteiger partial charge is 0.462 e. The minimum atomic E-state index is -0.767. The zero-order valence-corrected chi connectivity index (χ0v) is 29.4. The van der Waals surface area contributed by atoms with Crippen LogP contribution in [0.15, 0.2) is 12.2 Å². The molecule has 5 nitrogen and oxygen atoms in total. The van der Waals surface area contributed by atoms with Gasteiger partial charge in [0.15, 0.2) is 6.10 Å². The van der Waals surface area contributed by atoms with Crippen LogP contribution in [-0.4, -0.2) is 36.4 Å². The maximum atomic E-state index is 12.1. The van der Waals surface area contributed by atoms with Crippen molar-refractivity contribution in [2.24, 2.45) is 0 Å². The number of unbranched alkanes of at least 4 members (excludes halogenated alkanes) is 25. The van der Waals surface area contributed by atoms with E-state index >= 15 is 0 Å². The number of hydrogen-bond acceptors (Lipinski definition) is 5. The average molecular weight is 623 g/mol. The fraction of sp³-hybridized carbons (Fsp3) is 0.897. The van der Waals surface area contributed by atoms with Gasteiger partial charge in [0.2, 0.25) is 0 Å². The quantitative estimate of drug-likeness (QED) is 0.0432. The Balaban J connectivity index is 3.53. The van der Waals surface area contributed by atoms with E-state index in [1.54, 1.807) is 0 Å². The average Bonchev–Trinajstić information content (AvgIpc) is 3.02. The molecular weight excluding hydrogens is 548 g/mol. The lowest BCUT2D eigenvalue weighted by Gasteiger charge is -2.15. The summed E-state index contributed by atoms with van der Waals surface area (Å²) in [5.74, 6) is -0.591. The number of esters is 2. The first-order valence-corrected chi connectivity index (χ1v) is 19.2. The van der Waals surface area contributed by atoms with Crippen LogP contribution in [0.4, 0.5) is 0 Å². The summed E-state index contributed by atoms with van der Waals surface area (Å²) in [7, 11) is 0. The number of carbonyl (C=O) groups is 2. The van der Waals surface area contributed by atoms with Crippen LogP contribution in [0.25, 0.3) is 0 Å². The summed E-state index contributed by atoms with van der Waals surface area (Å²) in [5.41, 5.74) is 0. The number of hydrogen-bond donors (Lipinski definition) is 1. The second kappa shape index (κ2) is 36.1. The highest BCUT2D eigenvalue weighted by Gasteiger charge is 2.16. The second-order valence-electron chi connectivity index (χ2n) is 13.0. The monoisotopic (exact) mass is 623 g/mol. The van der Waals surface area contributed by atoms with Crippen molar-refractivity contribution < 1.29 is 24.2 Å². The van der Waals surface area contributed by atoms with Crippen LogP contribution in [0.1, 0.15) is 206 Å². The van der Waals surface area contributed by atoms with E-state index in [1.165, 1.54) is 135 Å². The van der Waals surface area contributed by atoms with Gasteiger partial charge in [-0.25, -0.2) is 0 Å². The molecule has 0 heterocycles. The number of aliphatic hydroxyl groups excluding tert-OH is 1. The highest BCUT2D eigenvalue weighted by atomic mass is 16.6. The number of carbonyl (C=O) groups excluding carboxylic acids is 2. The maximum Gasteiger partial charge on any atom is 0.306 e. The molecule has 0 spiro atoms. The van der Waals surface area contributed by atoms with Gasteiger partial charge < -0.3 is 14.6 Å². The Morgan fingerprint density at radius 3 is 1.23 bits per heavy atom. The van der Waals surface area contributed by atoms with Gasteiger partial charge in [-0.15, -0.1) is 0 Å². The van der Waals surface area contributed by atoms with E-state index in [0.29, 0.717) is 12.8 Å². The van der Waals surface area contributed by atoms with Gasteiger partial charge in [-0.05, 0) is 38.5 Å². The second-order valence-corrected chi connectivity index (χ2v) is 13.0. The van der Waals surface area contributed by atoms with Gasteiger partial charge in [-0.2, -0.15) is 0 Å². The predicted octanol–water partition coefficient (Wildman–Crippen LogP) is 11.7. The lowest BCUT2D eigenvalue weighted by atomic mass is 10.0. The van der Waals surface area contributed by atoms with Crippen molar-refractivity contribution in [2.75, 3.05) is 13.2 Å². The topological polar surface area (TPSA) is 72.8 Å². The Hall–Kier alpha value is -1.36. The van der Waals surface area contributed by atoms with E-state index in [2.05, 4.69) is 26.0 Å². The fourth-order valence-electron chi connectivity index (χ4n) is 5.61. The molecule has 0 aliphatic heterocycles. The van der Waals surface area contributed by atoms with Crippen LogP contribution in [0.2, 0.25) is 0 Å². The molecule has 0 rings (SSSR count). The van der Waals surface area contributed by atoms with Crippen LogP contribution in [0.3, 0.4) is 0 Å². The summed E-state index contributed by atoms with van der Waals surface area (Å²) in [4.78, 5) is 24.2. The van der Waals surface area contributed by atoms with E-state index in [0.717, 1.165) is 44.9 Å². The van der Waals surface area contributed by atoms with Crippen molar-refractivity contribution in [1.29, 1.82) is 0 Å². The number of aliphatic hydroxyl groups is 1. The number of ether oxygens (including phenoxy) is 2. The Kier molecular flexibility index (Phi) is 35.0. The third-order valence-electron chi connectivity index (χ3n) is 8.56. The van der Waals surface area contributed by atoms with Gasteiger partial charge in [0.1, 0.15) is 6.61 Å². The van der Waals surface area contributed by atoms with Crippen LogP contribution in [0, 0.1) is 0 Å². The summed E-state index contributed by atoms with van der Waals surface area (Å²) in [6.07, 6.45) is 39.8. The van der Waals surface area contributed by atoms with Gasteiger partial charge in [-0.1, -0.05) is 167 Å². The number of rotatable bonds is 35. The minimum Gasteiger partial charge on any atom is -0.462 e. The van der Waals surface area contributed by atoms with Gasteiger partial charge in [0, 0.05) is 12.8 Å². The standard InChI is InChI=1S/C39H74O5/c1-3-5-7-9-11-13-15-17-19-20-22-24-26-28-30-32-34-39(42)44-37(35-40)36-43-38(41)33-31-29-27-25-23-21-18-16-14-12-10-8-6-4-2/h16,18,37,40H,3-15,17,19-36H2,1-2H3/b18-16-/t37-/m0/s1. The Bertz CT molecular complexity index is 632. The molecule has 0 bridgehead atoms. The fourth-order valence-corrected chi connectivity index (χ4v) is 5.61. The third-order valence-corrected chi connectivity index (χ3v) is 8.56. The molecule has 5 heteroatoms. The lowest BCUT2D eigenvalue weighted by Crippen LogP contribution is -2.28. The van der Waals surface area contributed by atoms with Crippen molar-refractivity contribution in [1.82, 2.24) is 0 Å². The summed E-state index contributed by atoms with van der Waals surface area (Å²) < 4.78 is 10.6. The maximum absolute atomic E-state index is 12.1. The molecule has 0 saturated carbocycles. The molecule has 0 fully saturated rings. The lowest BCUT2D eigenvalue weighted by molar-refractivity contribution is -0.161. The SMILES string of the molecule is CCCCCCC/C=C\CCCCCCCC(=O)OC[C@H](CO)OC(=O)CCCCCCCCCCCCCCCCCC. The van der Waals surface area contributed by atoms with Crippen molar-refractivity contribution in [3.05, 3.63) is 12.2 Å². The van der Waals surface area contributed by atoms with Gasteiger partial charge in [0.25, 0.3) is 0 Å². The number of allylic oxidation sites excluding steroid dienone is 2. The van der Waals surface area contributed by atoms with Gasteiger partial charge in [0.05, 0.1) is 6.61 Å². The molecule has 0 aromatic rings. The first-order chi connectivity index (χ1) is 21.6. The molecule has 0 aliphatic carbocycles. The third kappa shape index (κ3) is 33.5. The van der Waals surface area contributed by atoms with E-state index in [-0.39, 0.29) is 25.2 Å².